The molecule has 0 bridgehead atoms. The number of rotatable bonds is 8. The maximum atomic E-state index is 12.0. The van der Waals surface area contributed by atoms with Gasteiger partial charge in [-0.25, -0.2) is 5.43 Å². The average molecular weight is 390 g/mol. The van der Waals surface area contributed by atoms with E-state index in [1.807, 2.05) is 66.7 Å². The highest BCUT2D eigenvalue weighted by molar-refractivity contribution is 5.86. The Morgan fingerprint density at radius 1 is 0.897 bits per heavy atom. The Labute approximate surface area is 169 Å². The number of carbonyl (C=O) groups is 1. The molecule has 0 spiro atoms. The number of para-hydroxylation sites is 1. The molecule has 0 saturated carbocycles. The highest BCUT2D eigenvalue weighted by atomic mass is 16.5. The van der Waals surface area contributed by atoms with Crippen molar-refractivity contribution in [3.8, 4) is 28.4 Å². The van der Waals surface area contributed by atoms with Crippen LogP contribution in [-0.4, -0.2) is 32.9 Å². The summed E-state index contributed by atoms with van der Waals surface area (Å²) in [5, 5.41) is 3.95. The first-order chi connectivity index (χ1) is 14.2. The summed E-state index contributed by atoms with van der Waals surface area (Å²) < 4.78 is 16.1. The normalized spacial score (nSPS) is 10.6. The smallest absolute Gasteiger partial charge is 0.277 e. The molecule has 1 N–H and O–H groups in total. The Bertz CT molecular complexity index is 970. The van der Waals surface area contributed by atoms with Gasteiger partial charge in [0.2, 0.25) is 0 Å². The van der Waals surface area contributed by atoms with Gasteiger partial charge in [0.25, 0.3) is 5.91 Å². The number of hydrogen-bond acceptors (Lipinski definition) is 5. The fourth-order valence-corrected chi connectivity index (χ4v) is 2.74. The van der Waals surface area contributed by atoms with Crippen molar-refractivity contribution in [1.29, 1.82) is 0 Å². The number of methoxy groups -OCH3 is 2. The molecule has 6 nitrogen and oxygen atoms in total. The van der Waals surface area contributed by atoms with Crippen LogP contribution < -0.4 is 19.6 Å². The van der Waals surface area contributed by atoms with E-state index in [0.717, 1.165) is 11.1 Å². The molecule has 0 aliphatic heterocycles. The number of amides is 1. The van der Waals surface area contributed by atoms with Crippen molar-refractivity contribution in [3.63, 3.8) is 0 Å². The van der Waals surface area contributed by atoms with Crippen LogP contribution in [0.25, 0.3) is 11.1 Å². The van der Waals surface area contributed by atoms with E-state index in [0.29, 0.717) is 22.8 Å². The van der Waals surface area contributed by atoms with E-state index in [1.165, 1.54) is 6.21 Å². The topological polar surface area (TPSA) is 69.2 Å². The van der Waals surface area contributed by atoms with Gasteiger partial charge in [-0.3, -0.25) is 4.79 Å². The zero-order valence-corrected chi connectivity index (χ0v) is 16.3. The molecule has 1 amide bonds. The molecule has 3 rings (SSSR count). The fourth-order valence-electron chi connectivity index (χ4n) is 2.74. The molecular weight excluding hydrogens is 368 g/mol. The zero-order chi connectivity index (χ0) is 20.5. The van der Waals surface area contributed by atoms with E-state index in [-0.39, 0.29) is 12.5 Å². The third-order valence-corrected chi connectivity index (χ3v) is 4.16. The van der Waals surface area contributed by atoms with E-state index in [4.69, 9.17) is 14.2 Å². The lowest BCUT2D eigenvalue weighted by molar-refractivity contribution is -0.123. The first-order valence-electron chi connectivity index (χ1n) is 9.02. The SMILES string of the molecule is COc1cccc(C=NNC(=O)COc2ccc(-c3ccccc3)cc2)c1OC. The van der Waals surface area contributed by atoms with Gasteiger partial charge in [0.15, 0.2) is 18.1 Å². The Kier molecular flexibility index (Phi) is 6.84. The van der Waals surface area contributed by atoms with Crippen LogP contribution >= 0.6 is 0 Å². The minimum Gasteiger partial charge on any atom is -0.493 e. The molecule has 3 aromatic carbocycles. The molecule has 0 fully saturated rings. The molecule has 0 aliphatic carbocycles. The molecule has 6 heteroatoms. The van der Waals surface area contributed by atoms with Gasteiger partial charge in [-0.1, -0.05) is 48.5 Å². The fraction of sp³-hybridized carbons (Fsp3) is 0.130. The van der Waals surface area contributed by atoms with E-state index in [9.17, 15) is 4.79 Å². The molecule has 148 valence electrons. The lowest BCUT2D eigenvalue weighted by atomic mass is 10.1. The number of hydrazone groups is 1. The van der Waals surface area contributed by atoms with E-state index < -0.39 is 0 Å². The number of carbonyl (C=O) groups excluding carboxylic acids is 1. The van der Waals surface area contributed by atoms with Crippen molar-refractivity contribution in [2.75, 3.05) is 20.8 Å². The third-order valence-electron chi connectivity index (χ3n) is 4.16. The van der Waals surface area contributed by atoms with Crippen LogP contribution in [0.4, 0.5) is 0 Å². The molecule has 0 radical (unpaired) electrons. The van der Waals surface area contributed by atoms with Crippen molar-refractivity contribution in [3.05, 3.63) is 78.4 Å². The maximum Gasteiger partial charge on any atom is 0.277 e. The first-order valence-corrected chi connectivity index (χ1v) is 9.02. The monoisotopic (exact) mass is 390 g/mol. The van der Waals surface area contributed by atoms with Gasteiger partial charge in [0, 0.05) is 5.56 Å². The van der Waals surface area contributed by atoms with Crippen molar-refractivity contribution < 1.29 is 19.0 Å². The highest BCUT2D eigenvalue weighted by Crippen LogP contribution is 2.29. The van der Waals surface area contributed by atoms with Crippen LogP contribution in [0.1, 0.15) is 5.56 Å². The number of hydrogen-bond donors (Lipinski definition) is 1. The summed E-state index contributed by atoms with van der Waals surface area (Å²) in [6.45, 7) is -0.142. The van der Waals surface area contributed by atoms with Crippen LogP contribution in [0.2, 0.25) is 0 Å². The van der Waals surface area contributed by atoms with Gasteiger partial charge < -0.3 is 14.2 Å². The number of nitrogens with one attached hydrogen (secondary N) is 1. The van der Waals surface area contributed by atoms with Crippen molar-refractivity contribution in [1.82, 2.24) is 5.43 Å². The van der Waals surface area contributed by atoms with E-state index >= 15 is 0 Å². The van der Waals surface area contributed by atoms with Crippen LogP contribution in [0.3, 0.4) is 0 Å². The quantitative estimate of drug-likeness (QED) is 0.468. The Hall–Kier alpha value is -3.80. The molecule has 0 aromatic heterocycles. The minimum atomic E-state index is -0.366. The molecule has 3 aromatic rings. The van der Waals surface area contributed by atoms with Gasteiger partial charge >= 0.3 is 0 Å². The Morgan fingerprint density at radius 3 is 2.31 bits per heavy atom. The summed E-state index contributed by atoms with van der Waals surface area (Å²) >= 11 is 0. The van der Waals surface area contributed by atoms with Crippen molar-refractivity contribution in [2.24, 2.45) is 5.10 Å². The highest BCUT2D eigenvalue weighted by Gasteiger charge is 2.08. The second-order valence-corrected chi connectivity index (χ2v) is 6.06. The predicted octanol–water partition coefficient (Wildman–Crippen LogP) is 3.90. The summed E-state index contributed by atoms with van der Waals surface area (Å²) in [6.07, 6.45) is 1.49. The lowest BCUT2D eigenvalue weighted by Gasteiger charge is -2.09. The summed E-state index contributed by atoms with van der Waals surface area (Å²) in [5.74, 6) is 1.38. The standard InChI is InChI=1S/C23H22N2O4/c1-27-21-10-6-9-19(23(21)28-2)15-24-25-22(26)16-29-20-13-11-18(12-14-20)17-7-4-3-5-8-17/h3-15H,16H2,1-2H3,(H,25,26). The van der Waals surface area contributed by atoms with Crippen LogP contribution in [0.15, 0.2) is 77.9 Å². The number of nitrogens with zero attached hydrogens (tertiary/aromatic N) is 1. The summed E-state index contributed by atoms with van der Waals surface area (Å²) in [7, 11) is 3.11. The minimum absolute atomic E-state index is 0.142. The lowest BCUT2D eigenvalue weighted by Crippen LogP contribution is -2.24. The summed E-state index contributed by atoms with van der Waals surface area (Å²) in [6, 6.07) is 23.0. The molecular formula is C23H22N2O4. The van der Waals surface area contributed by atoms with Gasteiger partial charge in [-0.2, -0.15) is 5.10 Å². The van der Waals surface area contributed by atoms with E-state index in [1.54, 1.807) is 20.3 Å². The predicted molar refractivity (Wildman–Crippen MR) is 113 cm³/mol. The van der Waals surface area contributed by atoms with Crippen LogP contribution in [0, 0.1) is 0 Å². The zero-order valence-electron chi connectivity index (χ0n) is 16.3. The van der Waals surface area contributed by atoms with Crippen LogP contribution in [-0.2, 0) is 4.79 Å². The number of ether oxygens (including phenoxy) is 3. The second-order valence-electron chi connectivity index (χ2n) is 6.06. The largest absolute Gasteiger partial charge is 0.493 e. The molecule has 0 saturated heterocycles. The van der Waals surface area contributed by atoms with Gasteiger partial charge in [-0.05, 0) is 35.4 Å². The Balaban J connectivity index is 1.52. The average Bonchev–Trinajstić information content (AvgIpc) is 2.78. The molecule has 29 heavy (non-hydrogen) atoms. The van der Waals surface area contributed by atoms with Gasteiger partial charge in [-0.15, -0.1) is 0 Å². The molecule has 0 unspecified atom stereocenters. The maximum absolute atomic E-state index is 12.0. The first kappa shape index (κ1) is 19.9. The second kappa shape index (κ2) is 9.94. The molecule has 0 aliphatic rings. The van der Waals surface area contributed by atoms with Gasteiger partial charge in [0.1, 0.15) is 5.75 Å². The van der Waals surface area contributed by atoms with E-state index in [2.05, 4.69) is 10.5 Å². The van der Waals surface area contributed by atoms with Gasteiger partial charge in [0.05, 0.1) is 20.4 Å². The third kappa shape index (κ3) is 5.35. The summed E-state index contributed by atoms with van der Waals surface area (Å²) in [5.41, 5.74) is 5.33. The van der Waals surface area contributed by atoms with Crippen molar-refractivity contribution in [2.45, 2.75) is 0 Å². The molecule has 0 heterocycles. The van der Waals surface area contributed by atoms with Crippen molar-refractivity contribution >= 4 is 12.1 Å². The molecule has 0 atom stereocenters. The summed E-state index contributed by atoms with van der Waals surface area (Å²) in [4.78, 5) is 12.0. The van der Waals surface area contributed by atoms with Crippen LogP contribution in [0.5, 0.6) is 17.2 Å². The number of benzene rings is 3. The Morgan fingerprint density at radius 2 is 1.62 bits per heavy atom.